The second kappa shape index (κ2) is 13.6. The first-order valence-electron chi connectivity index (χ1n) is 8.33. The monoisotopic (exact) mass is 425 g/mol. The van der Waals surface area contributed by atoms with Crippen molar-refractivity contribution in [3.05, 3.63) is 71.8 Å². The maximum absolute atomic E-state index is 11.7. The Bertz CT molecular complexity index is 735. The van der Waals surface area contributed by atoms with Gasteiger partial charge >= 0.3 is 12.1 Å². The molecular weight excluding hydrogens is 405 g/mol. The van der Waals surface area contributed by atoms with Gasteiger partial charge in [-0.05, 0) is 11.1 Å². The Balaban J connectivity index is 0.000000568. The van der Waals surface area contributed by atoms with E-state index in [9.17, 15) is 19.5 Å². The molecule has 0 bridgehead atoms. The van der Waals surface area contributed by atoms with E-state index in [0.717, 1.165) is 11.1 Å². The number of ketones is 1. The number of hydrogen-bond acceptors (Lipinski definition) is 4. The van der Waals surface area contributed by atoms with Crippen molar-refractivity contribution in [3.63, 3.8) is 0 Å². The van der Waals surface area contributed by atoms with E-state index in [-0.39, 0.29) is 30.6 Å². The van der Waals surface area contributed by atoms with Gasteiger partial charge in [-0.15, -0.1) is 23.2 Å². The summed E-state index contributed by atoms with van der Waals surface area (Å²) >= 11 is 10.0. The number of carbonyl (C=O) groups is 3. The number of amides is 1. The Morgan fingerprint density at radius 1 is 0.893 bits per heavy atom. The highest BCUT2D eigenvalue weighted by Gasteiger charge is 2.21. The molecule has 1 amide bonds. The van der Waals surface area contributed by atoms with E-state index >= 15 is 0 Å². The minimum Gasteiger partial charge on any atom is -0.480 e. The predicted molar refractivity (Wildman–Crippen MR) is 108 cm³/mol. The molecule has 0 unspecified atom stereocenters. The van der Waals surface area contributed by atoms with Crippen LogP contribution in [0.3, 0.4) is 0 Å². The average Bonchev–Trinajstić information content (AvgIpc) is 2.73. The summed E-state index contributed by atoms with van der Waals surface area (Å²) in [6.07, 6.45) is -0.538. The third kappa shape index (κ3) is 9.94. The lowest BCUT2D eigenvalue weighted by Crippen LogP contribution is -2.42. The molecule has 0 aromatic heterocycles. The number of carboxylic acids is 1. The highest BCUT2D eigenvalue weighted by Crippen LogP contribution is 2.05. The molecule has 2 aromatic rings. The molecule has 0 saturated carbocycles. The molecule has 6 nitrogen and oxygen atoms in total. The molecular formula is C20H21Cl2NO5. The Hall–Kier alpha value is -2.57. The first-order chi connectivity index (χ1) is 13.5. The van der Waals surface area contributed by atoms with Gasteiger partial charge in [-0.2, -0.15) is 0 Å². The van der Waals surface area contributed by atoms with Gasteiger partial charge in [-0.3, -0.25) is 4.79 Å². The molecule has 0 radical (unpaired) electrons. The lowest BCUT2D eigenvalue weighted by Gasteiger charge is -2.14. The van der Waals surface area contributed by atoms with E-state index in [2.05, 4.69) is 5.32 Å². The van der Waals surface area contributed by atoms with Crippen LogP contribution in [0.15, 0.2) is 60.7 Å². The number of halogens is 2. The van der Waals surface area contributed by atoms with Gasteiger partial charge in [0.2, 0.25) is 0 Å². The zero-order valence-corrected chi connectivity index (χ0v) is 16.5. The van der Waals surface area contributed by atoms with Crippen molar-refractivity contribution in [3.8, 4) is 0 Å². The molecule has 2 aromatic carbocycles. The van der Waals surface area contributed by atoms with E-state index in [1.54, 1.807) is 0 Å². The summed E-state index contributed by atoms with van der Waals surface area (Å²) in [5, 5.41) is 11.6. The molecule has 0 saturated heterocycles. The van der Waals surface area contributed by atoms with Crippen LogP contribution >= 0.6 is 23.2 Å². The van der Waals surface area contributed by atoms with Crippen LogP contribution in [-0.2, 0) is 27.4 Å². The third-order valence-electron chi connectivity index (χ3n) is 3.38. The quantitative estimate of drug-likeness (QED) is 0.629. The normalized spacial score (nSPS) is 10.8. The summed E-state index contributed by atoms with van der Waals surface area (Å²) in [5.74, 6) is -1.16. The first-order valence-corrected chi connectivity index (χ1v) is 9.40. The van der Waals surface area contributed by atoms with Crippen LogP contribution in [0.25, 0.3) is 0 Å². The minimum absolute atomic E-state index is 0.0312. The molecule has 0 aliphatic heterocycles. The van der Waals surface area contributed by atoms with Crippen LogP contribution in [0.1, 0.15) is 11.1 Å². The van der Waals surface area contributed by atoms with Crippen molar-refractivity contribution in [1.29, 1.82) is 0 Å². The van der Waals surface area contributed by atoms with Gasteiger partial charge in [0.1, 0.15) is 12.6 Å². The maximum Gasteiger partial charge on any atom is 0.408 e. The number of hydrogen-bond donors (Lipinski definition) is 2. The van der Waals surface area contributed by atoms with Gasteiger partial charge in [0.15, 0.2) is 5.78 Å². The Labute approximate surface area is 173 Å². The highest BCUT2D eigenvalue weighted by molar-refractivity contribution is 6.35. The van der Waals surface area contributed by atoms with Gasteiger partial charge in [0.25, 0.3) is 0 Å². The molecule has 0 spiro atoms. The van der Waals surface area contributed by atoms with Gasteiger partial charge < -0.3 is 15.2 Å². The van der Waals surface area contributed by atoms with Crippen molar-refractivity contribution < 1.29 is 24.2 Å². The zero-order chi connectivity index (χ0) is 20.8. The largest absolute Gasteiger partial charge is 0.480 e. The number of carbonyl (C=O) groups excluding carboxylic acids is 2. The van der Waals surface area contributed by atoms with Crippen LogP contribution in [0.4, 0.5) is 4.79 Å². The second-order valence-corrected chi connectivity index (χ2v) is 6.13. The molecule has 2 N–H and O–H groups in total. The van der Waals surface area contributed by atoms with Crippen molar-refractivity contribution in [2.24, 2.45) is 0 Å². The van der Waals surface area contributed by atoms with E-state index in [1.165, 1.54) is 0 Å². The predicted octanol–water partition coefficient (Wildman–Crippen LogP) is 3.64. The van der Waals surface area contributed by atoms with Crippen molar-refractivity contribution in [2.75, 3.05) is 11.8 Å². The summed E-state index contributed by atoms with van der Waals surface area (Å²) in [5.41, 5.74) is 1.67. The first kappa shape index (κ1) is 23.5. The van der Waals surface area contributed by atoms with Crippen LogP contribution in [0, 0.1) is 0 Å². The van der Waals surface area contributed by atoms with Crippen molar-refractivity contribution >= 4 is 41.0 Å². The number of alkyl carbamates (subject to hydrolysis) is 1. The number of carboxylic acid groups (broad SMARTS) is 1. The maximum atomic E-state index is 11.7. The molecule has 1 atom stereocenters. The Kier molecular flexibility index (Phi) is 11.4. The van der Waals surface area contributed by atoms with E-state index < -0.39 is 18.1 Å². The number of alkyl halides is 2. The van der Waals surface area contributed by atoms with Gasteiger partial charge in [0, 0.05) is 6.42 Å². The molecule has 0 heterocycles. The molecule has 28 heavy (non-hydrogen) atoms. The number of benzene rings is 2. The Morgan fingerprint density at radius 2 is 1.39 bits per heavy atom. The average molecular weight is 426 g/mol. The van der Waals surface area contributed by atoms with Crippen LogP contribution < -0.4 is 5.32 Å². The lowest BCUT2D eigenvalue weighted by atomic mass is 10.1. The number of aliphatic carboxylic acids is 1. The molecule has 2 rings (SSSR count). The third-order valence-corrected chi connectivity index (χ3v) is 3.98. The number of ether oxygens (including phenoxy) is 1. The fourth-order valence-electron chi connectivity index (χ4n) is 1.99. The highest BCUT2D eigenvalue weighted by atomic mass is 35.5. The molecule has 8 heteroatoms. The molecule has 0 fully saturated rings. The summed E-state index contributed by atoms with van der Waals surface area (Å²) < 4.78 is 5.03. The van der Waals surface area contributed by atoms with Gasteiger partial charge in [0.05, 0.1) is 11.8 Å². The fraction of sp³-hybridized carbons (Fsp3) is 0.250. The van der Waals surface area contributed by atoms with Crippen molar-refractivity contribution in [1.82, 2.24) is 5.32 Å². The summed E-state index contributed by atoms with van der Waals surface area (Å²) in [6.45, 7) is 0.102. The molecule has 0 aliphatic rings. The SMILES string of the molecule is O=C(CCl)CCl.O=C(N[C@@H](Cc1ccccc1)C(=O)O)OCc1ccccc1. The van der Waals surface area contributed by atoms with Crippen LogP contribution in [0.2, 0.25) is 0 Å². The topological polar surface area (TPSA) is 92.7 Å². The summed E-state index contributed by atoms with van der Waals surface area (Å²) in [4.78, 5) is 32.9. The zero-order valence-electron chi connectivity index (χ0n) is 15.0. The second-order valence-electron chi connectivity index (χ2n) is 5.59. The lowest BCUT2D eigenvalue weighted by molar-refractivity contribution is -0.139. The molecule has 150 valence electrons. The van der Waals surface area contributed by atoms with Gasteiger partial charge in [-0.25, -0.2) is 9.59 Å². The number of nitrogens with one attached hydrogen (secondary N) is 1. The van der Waals surface area contributed by atoms with Crippen LogP contribution in [0.5, 0.6) is 0 Å². The van der Waals surface area contributed by atoms with E-state index in [4.69, 9.17) is 27.9 Å². The molecule has 0 aliphatic carbocycles. The number of rotatable bonds is 8. The Morgan fingerprint density at radius 3 is 1.82 bits per heavy atom. The smallest absolute Gasteiger partial charge is 0.408 e. The minimum atomic E-state index is -1.10. The van der Waals surface area contributed by atoms with Crippen LogP contribution in [-0.4, -0.2) is 40.8 Å². The van der Waals surface area contributed by atoms with Gasteiger partial charge in [-0.1, -0.05) is 60.7 Å². The van der Waals surface area contributed by atoms with E-state index in [0.29, 0.717) is 0 Å². The van der Waals surface area contributed by atoms with Crippen molar-refractivity contribution in [2.45, 2.75) is 19.1 Å². The number of Topliss-reactive ketones (excluding diaryl/α,β-unsaturated/α-hetero) is 1. The fourth-order valence-corrected chi connectivity index (χ4v) is 2.28. The van der Waals surface area contributed by atoms with E-state index in [1.807, 2.05) is 60.7 Å². The standard InChI is InChI=1S/C17H17NO4.C3H4Cl2O/c19-16(20)15(11-13-7-3-1-4-8-13)18-17(21)22-12-14-9-5-2-6-10-14;4-1-3(6)2-5/h1-10,15H,11-12H2,(H,18,21)(H,19,20);1-2H2/t15-;/m0./s1. The summed E-state index contributed by atoms with van der Waals surface area (Å²) in [7, 11) is 0. The summed E-state index contributed by atoms with van der Waals surface area (Å²) in [6, 6.07) is 17.3.